The van der Waals surface area contributed by atoms with E-state index in [0.29, 0.717) is 12.4 Å². The van der Waals surface area contributed by atoms with Crippen LogP contribution in [0.3, 0.4) is 0 Å². The van der Waals surface area contributed by atoms with E-state index >= 15 is 0 Å². The molecule has 0 unspecified atom stereocenters. The molecule has 0 aliphatic rings. The van der Waals surface area contributed by atoms with E-state index in [-0.39, 0.29) is 12.3 Å². The van der Waals surface area contributed by atoms with Crippen molar-refractivity contribution in [3.05, 3.63) is 88.9 Å². The number of carbonyl (C=O) groups is 1. The Bertz CT molecular complexity index is 998. The van der Waals surface area contributed by atoms with E-state index in [1.165, 1.54) is 0 Å². The third-order valence-electron chi connectivity index (χ3n) is 4.03. The quantitative estimate of drug-likeness (QED) is 0.462. The van der Waals surface area contributed by atoms with Gasteiger partial charge in [-0.15, -0.1) is 22.7 Å². The zero-order valence-corrected chi connectivity index (χ0v) is 16.1. The van der Waals surface area contributed by atoms with Gasteiger partial charge in [-0.25, -0.2) is 9.97 Å². The lowest BCUT2D eigenvalue weighted by Gasteiger charge is -2.21. The normalized spacial score (nSPS) is 10.7. The van der Waals surface area contributed by atoms with Crippen LogP contribution in [0.15, 0.2) is 77.6 Å². The first kappa shape index (κ1) is 17.6. The van der Waals surface area contributed by atoms with Gasteiger partial charge >= 0.3 is 0 Å². The third kappa shape index (κ3) is 4.30. The van der Waals surface area contributed by atoms with Crippen molar-refractivity contribution in [2.75, 3.05) is 4.90 Å². The molecule has 27 heavy (non-hydrogen) atoms. The molecule has 4 rings (SSSR count). The number of aromatic nitrogens is 2. The van der Waals surface area contributed by atoms with Crippen LogP contribution in [0.2, 0.25) is 0 Å². The van der Waals surface area contributed by atoms with Crippen molar-refractivity contribution in [1.82, 2.24) is 9.97 Å². The van der Waals surface area contributed by atoms with Gasteiger partial charge in [0.2, 0.25) is 5.91 Å². The van der Waals surface area contributed by atoms with Gasteiger partial charge in [-0.3, -0.25) is 9.69 Å². The molecule has 0 aliphatic carbocycles. The van der Waals surface area contributed by atoms with E-state index in [1.807, 2.05) is 71.4 Å². The second-order valence-electron chi connectivity index (χ2n) is 5.95. The monoisotopic (exact) mass is 391 g/mol. The zero-order valence-electron chi connectivity index (χ0n) is 14.5. The van der Waals surface area contributed by atoms with E-state index in [0.717, 1.165) is 21.1 Å². The van der Waals surface area contributed by atoms with E-state index in [2.05, 4.69) is 9.97 Å². The molecule has 134 valence electrons. The van der Waals surface area contributed by atoms with Crippen LogP contribution in [0.25, 0.3) is 9.88 Å². The standard InChI is InChI=1S/C21H17N3OS2/c25-20(13-17-15-27-21(23-17)18-9-6-12-26-18)24(19-10-4-5-11-22-19)14-16-7-2-1-3-8-16/h1-12,15H,13-14H2. The molecule has 0 atom stereocenters. The van der Waals surface area contributed by atoms with Crippen LogP contribution in [0, 0.1) is 0 Å². The lowest BCUT2D eigenvalue weighted by molar-refractivity contribution is -0.118. The number of thiophene rings is 1. The fraction of sp³-hybridized carbons (Fsp3) is 0.0952. The molecule has 1 aromatic carbocycles. The first-order valence-corrected chi connectivity index (χ1v) is 10.3. The summed E-state index contributed by atoms with van der Waals surface area (Å²) in [4.78, 5) is 24.9. The number of anilines is 1. The van der Waals surface area contributed by atoms with Crippen LogP contribution in [0.1, 0.15) is 11.3 Å². The molecule has 3 heterocycles. The molecule has 4 nitrogen and oxygen atoms in total. The summed E-state index contributed by atoms with van der Waals surface area (Å²) in [6.45, 7) is 0.485. The van der Waals surface area contributed by atoms with Crippen LogP contribution >= 0.6 is 22.7 Å². The van der Waals surface area contributed by atoms with Crippen molar-refractivity contribution in [1.29, 1.82) is 0 Å². The molecular formula is C21H17N3OS2. The second-order valence-corrected chi connectivity index (χ2v) is 7.76. The van der Waals surface area contributed by atoms with Crippen LogP contribution in [-0.4, -0.2) is 15.9 Å². The number of pyridine rings is 1. The van der Waals surface area contributed by atoms with Crippen molar-refractivity contribution in [2.45, 2.75) is 13.0 Å². The number of rotatable bonds is 6. The Morgan fingerprint density at radius 2 is 1.81 bits per heavy atom. The van der Waals surface area contributed by atoms with Crippen molar-refractivity contribution in [2.24, 2.45) is 0 Å². The summed E-state index contributed by atoms with van der Waals surface area (Å²) >= 11 is 3.23. The van der Waals surface area contributed by atoms with E-state index in [9.17, 15) is 4.79 Å². The Hall–Kier alpha value is -2.83. The SMILES string of the molecule is O=C(Cc1csc(-c2cccs2)n1)N(Cc1ccccc1)c1ccccn1. The van der Waals surface area contributed by atoms with Crippen LogP contribution < -0.4 is 4.90 Å². The maximum Gasteiger partial charge on any atom is 0.234 e. The van der Waals surface area contributed by atoms with Crippen LogP contribution in [0.5, 0.6) is 0 Å². The Kier molecular flexibility index (Phi) is 5.37. The molecule has 4 aromatic rings. The molecule has 0 aliphatic heterocycles. The highest BCUT2D eigenvalue weighted by molar-refractivity contribution is 7.20. The molecule has 0 N–H and O–H groups in total. The predicted octanol–water partition coefficient (Wildman–Crippen LogP) is 5.04. The highest BCUT2D eigenvalue weighted by Crippen LogP contribution is 2.28. The van der Waals surface area contributed by atoms with Crippen LogP contribution in [-0.2, 0) is 17.8 Å². The van der Waals surface area contributed by atoms with Crippen molar-refractivity contribution < 1.29 is 4.79 Å². The average Bonchev–Trinajstić information content (AvgIpc) is 3.39. The summed E-state index contributed by atoms with van der Waals surface area (Å²) in [6.07, 6.45) is 1.96. The molecule has 1 amide bonds. The Morgan fingerprint density at radius 3 is 2.56 bits per heavy atom. The minimum atomic E-state index is -0.0133. The van der Waals surface area contributed by atoms with Crippen molar-refractivity contribution in [3.63, 3.8) is 0 Å². The van der Waals surface area contributed by atoms with Gasteiger partial charge in [-0.2, -0.15) is 0 Å². The number of thiazole rings is 1. The maximum atomic E-state index is 13.1. The predicted molar refractivity (Wildman–Crippen MR) is 111 cm³/mol. The molecule has 0 spiro atoms. The van der Waals surface area contributed by atoms with E-state index in [4.69, 9.17) is 0 Å². The summed E-state index contributed by atoms with van der Waals surface area (Å²) in [5, 5.41) is 4.95. The molecule has 0 saturated heterocycles. The summed E-state index contributed by atoms with van der Waals surface area (Å²) in [5.41, 5.74) is 1.86. The van der Waals surface area contributed by atoms with Gasteiger partial charge in [0.25, 0.3) is 0 Å². The highest BCUT2D eigenvalue weighted by Gasteiger charge is 2.19. The van der Waals surface area contributed by atoms with Gasteiger partial charge < -0.3 is 0 Å². The maximum absolute atomic E-state index is 13.1. The highest BCUT2D eigenvalue weighted by atomic mass is 32.1. The fourth-order valence-corrected chi connectivity index (χ4v) is 4.36. The van der Waals surface area contributed by atoms with Gasteiger partial charge in [0.05, 0.1) is 23.5 Å². The summed E-state index contributed by atoms with van der Waals surface area (Å²) in [6, 6.07) is 19.6. The number of benzene rings is 1. The Labute approximate surface area is 165 Å². The van der Waals surface area contributed by atoms with E-state index in [1.54, 1.807) is 33.8 Å². The summed E-state index contributed by atoms with van der Waals surface area (Å²) < 4.78 is 0. The molecule has 0 fully saturated rings. The minimum Gasteiger partial charge on any atom is -0.292 e. The average molecular weight is 392 g/mol. The summed E-state index contributed by atoms with van der Waals surface area (Å²) in [5.74, 6) is 0.639. The summed E-state index contributed by atoms with van der Waals surface area (Å²) in [7, 11) is 0. The van der Waals surface area contributed by atoms with Gasteiger partial charge in [0.15, 0.2) is 0 Å². The zero-order chi connectivity index (χ0) is 18.5. The number of amides is 1. The third-order valence-corrected chi connectivity index (χ3v) is 5.96. The molecule has 0 saturated carbocycles. The lowest BCUT2D eigenvalue weighted by Crippen LogP contribution is -2.32. The molecule has 0 bridgehead atoms. The molecule has 0 radical (unpaired) electrons. The largest absolute Gasteiger partial charge is 0.292 e. The van der Waals surface area contributed by atoms with E-state index < -0.39 is 0 Å². The molecule has 3 aromatic heterocycles. The minimum absolute atomic E-state index is 0.0133. The molecule has 6 heteroatoms. The van der Waals surface area contributed by atoms with Crippen molar-refractivity contribution in [3.8, 4) is 9.88 Å². The first-order valence-electron chi connectivity index (χ1n) is 8.53. The number of carbonyl (C=O) groups excluding carboxylic acids is 1. The van der Waals surface area contributed by atoms with Gasteiger partial charge in [-0.1, -0.05) is 42.5 Å². The Morgan fingerprint density at radius 1 is 0.963 bits per heavy atom. The van der Waals surface area contributed by atoms with Gasteiger partial charge in [-0.05, 0) is 29.1 Å². The first-order chi connectivity index (χ1) is 13.3. The number of hydrogen-bond donors (Lipinski definition) is 0. The molecular weight excluding hydrogens is 374 g/mol. The topological polar surface area (TPSA) is 46.1 Å². The van der Waals surface area contributed by atoms with Crippen molar-refractivity contribution >= 4 is 34.4 Å². The second kappa shape index (κ2) is 8.24. The Balaban J connectivity index is 1.55. The van der Waals surface area contributed by atoms with Gasteiger partial charge in [0.1, 0.15) is 10.8 Å². The fourth-order valence-electron chi connectivity index (χ4n) is 2.73. The smallest absolute Gasteiger partial charge is 0.234 e. The number of nitrogens with zero attached hydrogens (tertiary/aromatic N) is 3. The number of hydrogen-bond acceptors (Lipinski definition) is 5. The van der Waals surface area contributed by atoms with Gasteiger partial charge in [0, 0.05) is 11.6 Å². The lowest BCUT2D eigenvalue weighted by atomic mass is 10.2. The van der Waals surface area contributed by atoms with Crippen LogP contribution in [0.4, 0.5) is 5.82 Å².